The summed E-state index contributed by atoms with van der Waals surface area (Å²) in [5, 5.41) is 0. The average Bonchev–Trinajstić information content (AvgIpc) is 2.32. The number of rotatable bonds is 7. The fourth-order valence-electron chi connectivity index (χ4n) is 1.33. The first-order valence-electron chi connectivity index (χ1n) is 5.62. The summed E-state index contributed by atoms with van der Waals surface area (Å²) in [5.41, 5.74) is 0.913. The molecule has 0 aliphatic carbocycles. The van der Waals surface area contributed by atoms with Gasteiger partial charge in [-0.15, -0.1) is 0 Å². The van der Waals surface area contributed by atoms with E-state index in [9.17, 15) is 4.79 Å². The molecule has 4 nitrogen and oxygen atoms in total. The van der Waals surface area contributed by atoms with Crippen LogP contribution in [-0.2, 0) is 20.7 Å². The van der Waals surface area contributed by atoms with Crippen LogP contribution in [0.5, 0.6) is 5.75 Å². The Kier molecular flexibility index (Phi) is 6.10. The van der Waals surface area contributed by atoms with Gasteiger partial charge in [-0.25, -0.2) is 0 Å². The molecule has 0 fully saturated rings. The zero-order valence-corrected chi connectivity index (χ0v) is 10.3. The van der Waals surface area contributed by atoms with E-state index in [1.54, 1.807) is 7.11 Å². The molecule has 0 heterocycles. The number of benzene rings is 1. The van der Waals surface area contributed by atoms with Crippen molar-refractivity contribution < 1.29 is 19.0 Å². The molecule has 94 valence electrons. The van der Waals surface area contributed by atoms with Crippen LogP contribution in [0.15, 0.2) is 24.3 Å². The first-order chi connectivity index (χ1) is 8.26. The fraction of sp³-hybridized carbons (Fsp3) is 0.462. The summed E-state index contributed by atoms with van der Waals surface area (Å²) in [6, 6.07) is 7.42. The molecule has 0 bridgehead atoms. The molecule has 0 aromatic heterocycles. The van der Waals surface area contributed by atoms with Crippen LogP contribution in [0.2, 0.25) is 0 Å². The van der Waals surface area contributed by atoms with Gasteiger partial charge in [0, 0.05) is 7.11 Å². The van der Waals surface area contributed by atoms with E-state index in [1.165, 1.54) is 0 Å². The molecule has 0 unspecified atom stereocenters. The van der Waals surface area contributed by atoms with E-state index in [4.69, 9.17) is 14.2 Å². The highest BCUT2D eigenvalue weighted by atomic mass is 16.6. The van der Waals surface area contributed by atoms with E-state index in [2.05, 4.69) is 0 Å². The number of methoxy groups -OCH3 is 1. The van der Waals surface area contributed by atoms with Gasteiger partial charge in [0.25, 0.3) is 0 Å². The quantitative estimate of drug-likeness (QED) is 0.537. The molecule has 0 saturated heterocycles. The lowest BCUT2D eigenvalue weighted by molar-refractivity contribution is -0.144. The molecule has 4 heteroatoms. The third-order valence-electron chi connectivity index (χ3n) is 2.13. The fourth-order valence-corrected chi connectivity index (χ4v) is 1.33. The molecule has 1 aromatic carbocycles. The van der Waals surface area contributed by atoms with Gasteiger partial charge in [-0.3, -0.25) is 4.79 Å². The zero-order valence-electron chi connectivity index (χ0n) is 10.3. The van der Waals surface area contributed by atoms with Gasteiger partial charge in [-0.05, 0) is 24.6 Å². The maximum Gasteiger partial charge on any atom is 0.310 e. The Labute approximate surface area is 101 Å². The summed E-state index contributed by atoms with van der Waals surface area (Å²) in [6.07, 6.45) is 0.274. The molecule has 0 aliphatic rings. The second kappa shape index (κ2) is 7.68. The Morgan fingerprint density at radius 3 is 2.47 bits per heavy atom. The van der Waals surface area contributed by atoms with Crippen molar-refractivity contribution in [2.75, 3.05) is 26.9 Å². The molecule has 17 heavy (non-hydrogen) atoms. The van der Waals surface area contributed by atoms with Crippen LogP contribution in [0.4, 0.5) is 0 Å². The smallest absolute Gasteiger partial charge is 0.310 e. The molecule has 0 radical (unpaired) electrons. The molecular weight excluding hydrogens is 220 g/mol. The summed E-state index contributed by atoms with van der Waals surface area (Å²) in [6.45, 7) is 3.29. The normalized spacial score (nSPS) is 10.0. The topological polar surface area (TPSA) is 44.8 Å². The third kappa shape index (κ3) is 5.36. The van der Waals surface area contributed by atoms with Crippen LogP contribution in [0.1, 0.15) is 12.5 Å². The minimum absolute atomic E-state index is 0.244. The van der Waals surface area contributed by atoms with Crippen molar-refractivity contribution in [3.63, 3.8) is 0 Å². The minimum Gasteiger partial charge on any atom is -0.494 e. The second-order valence-corrected chi connectivity index (χ2v) is 3.47. The highest BCUT2D eigenvalue weighted by molar-refractivity contribution is 5.72. The predicted octanol–water partition coefficient (Wildman–Crippen LogP) is 1.82. The lowest BCUT2D eigenvalue weighted by Gasteiger charge is -2.06. The number of carbonyl (C=O) groups is 1. The Morgan fingerprint density at radius 1 is 1.18 bits per heavy atom. The Balaban J connectivity index is 2.37. The monoisotopic (exact) mass is 238 g/mol. The summed E-state index contributed by atoms with van der Waals surface area (Å²) >= 11 is 0. The molecular formula is C13H18O4. The average molecular weight is 238 g/mol. The Morgan fingerprint density at radius 2 is 1.88 bits per heavy atom. The zero-order chi connectivity index (χ0) is 12.5. The highest BCUT2D eigenvalue weighted by Crippen LogP contribution is 2.12. The summed E-state index contributed by atoms with van der Waals surface area (Å²) in [4.78, 5) is 11.4. The van der Waals surface area contributed by atoms with Crippen molar-refractivity contribution in [2.24, 2.45) is 0 Å². The molecule has 1 aromatic rings. The largest absolute Gasteiger partial charge is 0.494 e. The second-order valence-electron chi connectivity index (χ2n) is 3.47. The lowest BCUT2D eigenvalue weighted by atomic mass is 10.1. The standard InChI is InChI=1S/C13H18O4/c1-3-16-12-6-4-11(5-7-12)10-13(14)17-9-8-15-2/h4-7H,3,8-10H2,1-2H3. The van der Waals surface area contributed by atoms with Crippen LogP contribution >= 0.6 is 0 Å². The van der Waals surface area contributed by atoms with Crippen LogP contribution in [0, 0.1) is 0 Å². The number of ether oxygens (including phenoxy) is 3. The van der Waals surface area contributed by atoms with E-state index >= 15 is 0 Å². The van der Waals surface area contributed by atoms with E-state index < -0.39 is 0 Å². The molecule has 1 rings (SSSR count). The van der Waals surface area contributed by atoms with E-state index in [-0.39, 0.29) is 12.4 Å². The van der Waals surface area contributed by atoms with Gasteiger partial charge < -0.3 is 14.2 Å². The van der Waals surface area contributed by atoms with Gasteiger partial charge >= 0.3 is 5.97 Å². The number of hydrogen-bond acceptors (Lipinski definition) is 4. The van der Waals surface area contributed by atoms with E-state index in [1.807, 2.05) is 31.2 Å². The number of esters is 1. The van der Waals surface area contributed by atoms with Crippen molar-refractivity contribution in [3.05, 3.63) is 29.8 Å². The third-order valence-corrected chi connectivity index (χ3v) is 2.13. The van der Waals surface area contributed by atoms with Gasteiger partial charge in [-0.1, -0.05) is 12.1 Å². The van der Waals surface area contributed by atoms with Crippen molar-refractivity contribution in [2.45, 2.75) is 13.3 Å². The van der Waals surface area contributed by atoms with Crippen LogP contribution < -0.4 is 4.74 Å². The molecule has 0 saturated carbocycles. The van der Waals surface area contributed by atoms with Gasteiger partial charge in [0.05, 0.1) is 19.6 Å². The van der Waals surface area contributed by atoms with E-state index in [0.29, 0.717) is 19.8 Å². The molecule has 0 amide bonds. The predicted molar refractivity (Wildman–Crippen MR) is 64.2 cm³/mol. The first kappa shape index (κ1) is 13.5. The molecule has 0 spiro atoms. The summed E-state index contributed by atoms with van der Waals surface area (Å²) < 4.78 is 15.1. The van der Waals surface area contributed by atoms with Crippen molar-refractivity contribution >= 4 is 5.97 Å². The Bertz CT molecular complexity index is 332. The van der Waals surface area contributed by atoms with Gasteiger partial charge in [0.15, 0.2) is 0 Å². The van der Waals surface area contributed by atoms with E-state index in [0.717, 1.165) is 11.3 Å². The van der Waals surface area contributed by atoms with Gasteiger partial charge in [0.1, 0.15) is 12.4 Å². The summed E-state index contributed by atoms with van der Waals surface area (Å²) in [5.74, 6) is 0.565. The van der Waals surface area contributed by atoms with Crippen LogP contribution in [-0.4, -0.2) is 32.9 Å². The maximum atomic E-state index is 11.4. The van der Waals surface area contributed by atoms with Crippen molar-refractivity contribution in [3.8, 4) is 5.75 Å². The number of carbonyl (C=O) groups excluding carboxylic acids is 1. The van der Waals surface area contributed by atoms with Crippen molar-refractivity contribution in [1.82, 2.24) is 0 Å². The van der Waals surface area contributed by atoms with Crippen molar-refractivity contribution in [1.29, 1.82) is 0 Å². The number of hydrogen-bond donors (Lipinski definition) is 0. The molecule has 0 atom stereocenters. The minimum atomic E-state index is -0.244. The first-order valence-corrected chi connectivity index (χ1v) is 5.62. The summed E-state index contributed by atoms with van der Waals surface area (Å²) in [7, 11) is 1.57. The SMILES string of the molecule is CCOc1ccc(CC(=O)OCCOC)cc1. The molecule has 0 aliphatic heterocycles. The molecule has 0 N–H and O–H groups in total. The highest BCUT2D eigenvalue weighted by Gasteiger charge is 2.04. The van der Waals surface area contributed by atoms with Crippen LogP contribution in [0.3, 0.4) is 0 Å². The maximum absolute atomic E-state index is 11.4. The van der Waals surface area contributed by atoms with Crippen LogP contribution in [0.25, 0.3) is 0 Å². The van der Waals surface area contributed by atoms with Gasteiger partial charge in [-0.2, -0.15) is 0 Å². The Hall–Kier alpha value is -1.55. The van der Waals surface area contributed by atoms with Gasteiger partial charge in [0.2, 0.25) is 0 Å². The lowest BCUT2D eigenvalue weighted by Crippen LogP contribution is -2.11.